The highest BCUT2D eigenvalue weighted by atomic mass is 35.5. The molecule has 2 amide bonds. The number of likely N-dealkylation sites (N-methyl/N-ethyl adjacent to an activating group) is 1. The van der Waals surface area contributed by atoms with Gasteiger partial charge in [0.05, 0.1) is 11.3 Å². The van der Waals surface area contributed by atoms with Crippen molar-refractivity contribution in [2.24, 2.45) is 5.92 Å². The summed E-state index contributed by atoms with van der Waals surface area (Å²) < 4.78 is 65.7. The first kappa shape index (κ1) is 21.0. The third kappa shape index (κ3) is 4.05. The van der Waals surface area contributed by atoms with Crippen molar-refractivity contribution >= 4 is 29.1 Å². The fourth-order valence-corrected chi connectivity index (χ4v) is 3.41. The lowest BCUT2D eigenvalue weighted by Crippen LogP contribution is -2.33. The summed E-state index contributed by atoms with van der Waals surface area (Å²) in [5.74, 6) is -5.67. The Morgan fingerprint density at radius 2 is 1.76 bits per heavy atom. The van der Waals surface area contributed by atoms with Crippen LogP contribution in [-0.2, 0) is 15.8 Å². The lowest BCUT2D eigenvalue weighted by Gasteiger charge is -2.18. The van der Waals surface area contributed by atoms with Gasteiger partial charge in [-0.05, 0) is 29.8 Å². The summed E-state index contributed by atoms with van der Waals surface area (Å²) in [7, 11) is 1.45. The van der Waals surface area contributed by atoms with Gasteiger partial charge in [-0.25, -0.2) is 8.78 Å². The maximum Gasteiger partial charge on any atom is 0.416 e. The average Bonchev–Trinajstić information content (AvgIpc) is 2.96. The van der Waals surface area contributed by atoms with E-state index in [2.05, 4.69) is 5.32 Å². The van der Waals surface area contributed by atoms with Crippen LogP contribution in [0.15, 0.2) is 36.4 Å². The molecular formula is C19H14ClF5N2O2. The molecule has 1 fully saturated rings. The third-order valence-electron chi connectivity index (χ3n) is 4.76. The van der Waals surface area contributed by atoms with Gasteiger partial charge in [0.25, 0.3) is 0 Å². The monoisotopic (exact) mass is 432 g/mol. The Kier molecular flexibility index (Phi) is 5.53. The van der Waals surface area contributed by atoms with Crippen LogP contribution in [0.5, 0.6) is 0 Å². The molecule has 0 bridgehead atoms. The van der Waals surface area contributed by atoms with Crippen LogP contribution in [0.3, 0.4) is 0 Å². The molecule has 0 spiro atoms. The van der Waals surface area contributed by atoms with Gasteiger partial charge in [0.15, 0.2) is 5.82 Å². The number of halogens is 6. The van der Waals surface area contributed by atoms with Crippen molar-refractivity contribution < 1.29 is 31.5 Å². The van der Waals surface area contributed by atoms with Gasteiger partial charge in [0.2, 0.25) is 11.8 Å². The highest BCUT2D eigenvalue weighted by Gasteiger charge is 2.44. The molecule has 0 unspecified atom stereocenters. The fraction of sp³-hybridized carbons (Fsp3) is 0.263. The second kappa shape index (κ2) is 7.62. The van der Waals surface area contributed by atoms with Crippen LogP contribution in [0.25, 0.3) is 0 Å². The summed E-state index contributed by atoms with van der Waals surface area (Å²) in [6, 6.07) is 5.96. The highest BCUT2D eigenvalue weighted by Crippen LogP contribution is 2.36. The summed E-state index contributed by atoms with van der Waals surface area (Å²) in [4.78, 5) is 26.4. The zero-order valence-electron chi connectivity index (χ0n) is 14.9. The molecule has 0 radical (unpaired) electrons. The summed E-state index contributed by atoms with van der Waals surface area (Å²) in [5, 5.41) is 1.41. The van der Waals surface area contributed by atoms with Crippen molar-refractivity contribution in [2.45, 2.75) is 12.1 Å². The first-order chi connectivity index (χ1) is 13.5. The van der Waals surface area contributed by atoms with Crippen molar-refractivity contribution in [3.63, 3.8) is 0 Å². The number of rotatable bonds is 3. The molecular weight excluding hydrogens is 419 g/mol. The second-order valence-corrected chi connectivity index (χ2v) is 7.01. The van der Waals surface area contributed by atoms with Crippen LogP contribution in [0.4, 0.5) is 27.6 Å². The van der Waals surface area contributed by atoms with Crippen LogP contribution >= 0.6 is 11.6 Å². The quantitative estimate of drug-likeness (QED) is 0.442. The number of alkyl halides is 3. The number of hydrogen-bond donors (Lipinski definition) is 1. The molecule has 29 heavy (non-hydrogen) atoms. The van der Waals surface area contributed by atoms with Gasteiger partial charge < -0.3 is 10.2 Å². The minimum Gasteiger partial charge on any atom is -0.344 e. The van der Waals surface area contributed by atoms with Crippen LogP contribution < -0.4 is 5.32 Å². The summed E-state index contributed by atoms with van der Waals surface area (Å²) in [6.45, 7) is 0.0922. The first-order valence-electron chi connectivity index (χ1n) is 8.37. The van der Waals surface area contributed by atoms with Crippen LogP contribution in [-0.4, -0.2) is 30.3 Å². The molecule has 1 saturated heterocycles. The van der Waals surface area contributed by atoms with Gasteiger partial charge in [-0.3, -0.25) is 9.59 Å². The SMILES string of the molecule is CN1C[C@@H](c2ccc(C(F)(F)F)cc2)[C@H](C(=O)Nc2ccc(F)c(Cl)c2F)C1=O. The largest absolute Gasteiger partial charge is 0.416 e. The molecule has 1 aliphatic heterocycles. The standard InChI is InChI=1S/C19H14ClF5N2O2/c1-27-8-11(9-2-4-10(5-3-9)19(23,24)25)14(18(27)29)17(28)26-13-7-6-12(21)15(20)16(13)22/h2-7,11,14H,8H2,1H3,(H,26,28)/t11-,14+/m0/s1. The van der Waals surface area contributed by atoms with Crippen LogP contribution in [0, 0.1) is 17.6 Å². The molecule has 0 saturated carbocycles. The number of likely N-dealkylation sites (tertiary alicyclic amines) is 1. The summed E-state index contributed by atoms with van der Waals surface area (Å²) in [6.07, 6.45) is -4.52. The van der Waals surface area contributed by atoms with E-state index in [0.717, 1.165) is 24.3 Å². The van der Waals surface area contributed by atoms with Gasteiger partial charge in [-0.1, -0.05) is 23.7 Å². The number of amides is 2. The van der Waals surface area contributed by atoms with Crippen molar-refractivity contribution in [1.82, 2.24) is 4.90 Å². The normalized spacial score (nSPS) is 19.6. The Bertz CT molecular complexity index is 962. The lowest BCUT2D eigenvalue weighted by atomic mass is 9.87. The van der Waals surface area contributed by atoms with Gasteiger partial charge in [0, 0.05) is 19.5 Å². The number of nitrogens with zero attached hydrogens (tertiary/aromatic N) is 1. The van der Waals surface area contributed by atoms with Gasteiger partial charge in [0.1, 0.15) is 16.8 Å². The minimum absolute atomic E-state index is 0.0922. The predicted octanol–water partition coefficient (Wildman–Crippen LogP) is 4.45. The molecule has 0 aliphatic carbocycles. The van der Waals surface area contributed by atoms with Crippen molar-refractivity contribution in [3.8, 4) is 0 Å². The fourth-order valence-electron chi connectivity index (χ4n) is 3.24. The molecule has 1 aliphatic rings. The molecule has 1 N–H and O–H groups in total. The van der Waals surface area contributed by atoms with E-state index in [0.29, 0.717) is 5.56 Å². The van der Waals surface area contributed by atoms with E-state index < -0.39 is 57.7 Å². The van der Waals surface area contributed by atoms with E-state index >= 15 is 0 Å². The van der Waals surface area contributed by atoms with Gasteiger partial charge >= 0.3 is 6.18 Å². The zero-order chi connectivity index (χ0) is 21.5. The number of carbonyl (C=O) groups excluding carboxylic acids is 2. The van der Waals surface area contributed by atoms with Crippen LogP contribution in [0.1, 0.15) is 17.0 Å². The minimum atomic E-state index is -4.52. The number of hydrogen-bond acceptors (Lipinski definition) is 2. The highest BCUT2D eigenvalue weighted by molar-refractivity contribution is 6.31. The molecule has 10 heteroatoms. The Balaban J connectivity index is 1.88. The average molecular weight is 433 g/mol. The Hall–Kier alpha value is -2.68. The van der Waals surface area contributed by atoms with E-state index in [1.54, 1.807) is 0 Å². The van der Waals surface area contributed by atoms with Gasteiger partial charge in [-0.15, -0.1) is 0 Å². The van der Waals surface area contributed by atoms with Crippen molar-refractivity contribution in [1.29, 1.82) is 0 Å². The molecule has 2 aromatic rings. The third-order valence-corrected chi connectivity index (χ3v) is 5.10. The summed E-state index contributed by atoms with van der Waals surface area (Å²) in [5.41, 5.74) is -0.911. The Labute approximate surface area is 167 Å². The maximum atomic E-state index is 14.1. The number of nitrogens with one attached hydrogen (secondary N) is 1. The predicted molar refractivity (Wildman–Crippen MR) is 95.3 cm³/mol. The first-order valence-corrected chi connectivity index (χ1v) is 8.75. The molecule has 1 heterocycles. The zero-order valence-corrected chi connectivity index (χ0v) is 15.6. The lowest BCUT2D eigenvalue weighted by molar-refractivity contribution is -0.138. The number of carbonyl (C=O) groups is 2. The van der Waals surface area contributed by atoms with E-state index in [4.69, 9.17) is 11.6 Å². The number of benzene rings is 2. The van der Waals surface area contributed by atoms with Crippen molar-refractivity contribution in [2.75, 3.05) is 18.9 Å². The molecule has 2 aromatic carbocycles. The topological polar surface area (TPSA) is 49.4 Å². The Morgan fingerprint density at radius 1 is 1.14 bits per heavy atom. The van der Waals surface area contributed by atoms with E-state index in [1.165, 1.54) is 24.1 Å². The molecule has 2 atom stereocenters. The number of anilines is 1. The maximum absolute atomic E-state index is 14.1. The Morgan fingerprint density at radius 3 is 2.34 bits per heavy atom. The molecule has 154 valence electrons. The van der Waals surface area contributed by atoms with Crippen molar-refractivity contribution in [3.05, 3.63) is 64.2 Å². The smallest absolute Gasteiger partial charge is 0.344 e. The van der Waals surface area contributed by atoms with Gasteiger partial charge in [-0.2, -0.15) is 13.2 Å². The van der Waals surface area contributed by atoms with E-state index in [9.17, 15) is 31.5 Å². The molecule has 4 nitrogen and oxygen atoms in total. The van der Waals surface area contributed by atoms with E-state index in [1.807, 2.05) is 0 Å². The summed E-state index contributed by atoms with van der Waals surface area (Å²) >= 11 is 5.49. The van der Waals surface area contributed by atoms with E-state index in [-0.39, 0.29) is 6.54 Å². The second-order valence-electron chi connectivity index (χ2n) is 6.63. The molecule has 3 rings (SSSR count). The van der Waals surface area contributed by atoms with Crippen LogP contribution in [0.2, 0.25) is 5.02 Å². The molecule has 0 aromatic heterocycles.